The van der Waals surface area contributed by atoms with Gasteiger partial charge in [0.1, 0.15) is 5.75 Å². The normalized spacial score (nSPS) is 17.6. The van der Waals surface area contributed by atoms with Crippen LogP contribution in [0.25, 0.3) is 0 Å². The number of nitrogens with two attached hydrogens (primary N) is 2. The van der Waals surface area contributed by atoms with Crippen LogP contribution in [0.2, 0.25) is 0 Å². The maximum atomic E-state index is 11.2. The Morgan fingerprint density at radius 3 is 2.84 bits per heavy atom. The van der Waals surface area contributed by atoms with Crippen LogP contribution in [0, 0.1) is 0 Å². The van der Waals surface area contributed by atoms with E-state index in [-0.39, 0.29) is 12.9 Å². The predicted molar refractivity (Wildman–Crippen MR) is 69.1 cm³/mol. The van der Waals surface area contributed by atoms with Crippen LogP contribution in [-0.2, 0) is 4.79 Å². The molecule has 0 radical (unpaired) electrons. The van der Waals surface area contributed by atoms with Gasteiger partial charge in [-0.3, -0.25) is 4.79 Å². The van der Waals surface area contributed by atoms with Gasteiger partial charge in [-0.25, -0.2) is 0 Å². The zero-order chi connectivity index (χ0) is 14.0. The SMILES string of the molecule is CC(CC(C)(N)C(N)=O)Oc1ccc2c(c1)OCO2. The lowest BCUT2D eigenvalue weighted by molar-refractivity contribution is -0.123. The fourth-order valence-corrected chi connectivity index (χ4v) is 1.92. The molecule has 0 bridgehead atoms. The zero-order valence-electron chi connectivity index (χ0n) is 11.0. The second kappa shape index (κ2) is 4.97. The van der Waals surface area contributed by atoms with Crippen molar-refractivity contribution in [1.82, 2.24) is 0 Å². The van der Waals surface area contributed by atoms with E-state index in [0.717, 1.165) is 0 Å². The molecule has 19 heavy (non-hydrogen) atoms. The van der Waals surface area contributed by atoms with Crippen molar-refractivity contribution in [1.29, 1.82) is 0 Å². The molecule has 0 saturated carbocycles. The highest BCUT2D eigenvalue weighted by atomic mass is 16.7. The highest BCUT2D eigenvalue weighted by Gasteiger charge is 2.29. The van der Waals surface area contributed by atoms with Crippen LogP contribution in [-0.4, -0.2) is 24.3 Å². The number of benzene rings is 1. The third kappa shape index (κ3) is 3.08. The van der Waals surface area contributed by atoms with E-state index in [0.29, 0.717) is 23.7 Å². The topological polar surface area (TPSA) is 96.8 Å². The first-order valence-corrected chi connectivity index (χ1v) is 6.03. The molecular formula is C13H18N2O4. The third-order valence-electron chi connectivity index (χ3n) is 2.96. The smallest absolute Gasteiger partial charge is 0.237 e. The van der Waals surface area contributed by atoms with Crippen molar-refractivity contribution < 1.29 is 19.0 Å². The van der Waals surface area contributed by atoms with Crippen molar-refractivity contribution in [3.63, 3.8) is 0 Å². The first-order chi connectivity index (χ1) is 8.88. The lowest BCUT2D eigenvalue weighted by Gasteiger charge is -2.25. The van der Waals surface area contributed by atoms with Gasteiger partial charge in [0.2, 0.25) is 12.7 Å². The highest BCUT2D eigenvalue weighted by Crippen LogP contribution is 2.35. The maximum absolute atomic E-state index is 11.2. The predicted octanol–water partition coefficient (Wildman–Crippen LogP) is 0.775. The summed E-state index contributed by atoms with van der Waals surface area (Å²) in [4.78, 5) is 11.2. The first-order valence-electron chi connectivity index (χ1n) is 6.03. The number of ether oxygens (including phenoxy) is 3. The minimum Gasteiger partial charge on any atom is -0.490 e. The molecule has 1 heterocycles. The summed E-state index contributed by atoms with van der Waals surface area (Å²) in [6.45, 7) is 3.64. The second-order valence-corrected chi connectivity index (χ2v) is 4.93. The molecule has 0 aliphatic carbocycles. The lowest BCUT2D eigenvalue weighted by atomic mass is 9.95. The van der Waals surface area contributed by atoms with Gasteiger partial charge in [-0.2, -0.15) is 0 Å². The molecule has 0 saturated heterocycles. The van der Waals surface area contributed by atoms with Gasteiger partial charge in [0.05, 0.1) is 11.6 Å². The summed E-state index contributed by atoms with van der Waals surface area (Å²) >= 11 is 0. The average molecular weight is 266 g/mol. The number of carbonyl (C=O) groups excluding carboxylic acids is 1. The van der Waals surface area contributed by atoms with Gasteiger partial charge in [-0.05, 0) is 26.0 Å². The largest absolute Gasteiger partial charge is 0.490 e. The Balaban J connectivity index is 1.99. The molecule has 0 fully saturated rings. The van der Waals surface area contributed by atoms with Gasteiger partial charge in [0.25, 0.3) is 0 Å². The Labute approximate surface area is 111 Å². The lowest BCUT2D eigenvalue weighted by Crippen LogP contribution is -2.51. The van der Waals surface area contributed by atoms with Crippen molar-refractivity contribution in [3.05, 3.63) is 18.2 Å². The van der Waals surface area contributed by atoms with Gasteiger partial charge in [-0.15, -0.1) is 0 Å². The molecule has 6 heteroatoms. The van der Waals surface area contributed by atoms with E-state index in [1.807, 2.05) is 6.92 Å². The molecule has 1 aliphatic heterocycles. The van der Waals surface area contributed by atoms with Crippen LogP contribution in [0.3, 0.4) is 0 Å². The summed E-state index contributed by atoms with van der Waals surface area (Å²) in [6.07, 6.45) is 0.0828. The fourth-order valence-electron chi connectivity index (χ4n) is 1.92. The molecule has 4 N–H and O–H groups in total. The van der Waals surface area contributed by atoms with E-state index in [1.54, 1.807) is 25.1 Å². The molecule has 1 aliphatic rings. The van der Waals surface area contributed by atoms with Gasteiger partial charge in [-0.1, -0.05) is 0 Å². The van der Waals surface area contributed by atoms with Crippen molar-refractivity contribution in [2.24, 2.45) is 11.5 Å². The van der Waals surface area contributed by atoms with Crippen molar-refractivity contribution in [2.75, 3.05) is 6.79 Å². The minimum absolute atomic E-state index is 0.219. The number of amides is 1. The summed E-state index contributed by atoms with van der Waals surface area (Å²) in [5.74, 6) is 1.43. The number of carbonyl (C=O) groups is 1. The van der Waals surface area contributed by atoms with E-state index >= 15 is 0 Å². The number of hydrogen-bond donors (Lipinski definition) is 2. The van der Waals surface area contributed by atoms with E-state index in [9.17, 15) is 4.79 Å². The van der Waals surface area contributed by atoms with Crippen LogP contribution in [0.15, 0.2) is 18.2 Å². The van der Waals surface area contributed by atoms with Gasteiger partial charge >= 0.3 is 0 Å². The molecule has 2 atom stereocenters. The molecule has 0 aromatic heterocycles. The van der Waals surface area contributed by atoms with Crippen LogP contribution in [0.5, 0.6) is 17.2 Å². The van der Waals surface area contributed by atoms with Crippen LogP contribution in [0.4, 0.5) is 0 Å². The minimum atomic E-state index is -1.09. The highest BCUT2D eigenvalue weighted by molar-refractivity contribution is 5.83. The second-order valence-electron chi connectivity index (χ2n) is 4.93. The standard InChI is InChI=1S/C13H18N2O4/c1-8(6-13(2,15)12(14)16)19-9-3-4-10-11(5-9)18-7-17-10/h3-5,8H,6-7,15H2,1-2H3,(H2,14,16). The van der Waals surface area contributed by atoms with E-state index in [1.165, 1.54) is 0 Å². The van der Waals surface area contributed by atoms with Gasteiger partial charge in [0, 0.05) is 12.5 Å². The number of primary amides is 1. The van der Waals surface area contributed by atoms with Gasteiger partial charge in [0.15, 0.2) is 11.5 Å². The molecular weight excluding hydrogens is 248 g/mol. The molecule has 1 aromatic carbocycles. The Hall–Kier alpha value is -1.95. The van der Waals surface area contributed by atoms with E-state index < -0.39 is 11.4 Å². The number of fused-ring (bicyclic) bond motifs is 1. The fraction of sp³-hybridized carbons (Fsp3) is 0.462. The van der Waals surface area contributed by atoms with Gasteiger partial charge < -0.3 is 25.7 Å². The summed E-state index contributed by atoms with van der Waals surface area (Å²) in [5, 5.41) is 0. The number of rotatable bonds is 5. The summed E-state index contributed by atoms with van der Waals surface area (Å²) < 4.78 is 16.2. The number of hydrogen-bond acceptors (Lipinski definition) is 5. The van der Waals surface area contributed by atoms with Crippen LogP contribution >= 0.6 is 0 Å². The quantitative estimate of drug-likeness (QED) is 0.820. The molecule has 2 unspecified atom stereocenters. The van der Waals surface area contributed by atoms with Crippen LogP contribution < -0.4 is 25.7 Å². The molecule has 0 spiro atoms. The van der Waals surface area contributed by atoms with E-state index in [4.69, 9.17) is 25.7 Å². The van der Waals surface area contributed by atoms with Crippen LogP contribution in [0.1, 0.15) is 20.3 Å². The Morgan fingerprint density at radius 1 is 1.47 bits per heavy atom. The zero-order valence-corrected chi connectivity index (χ0v) is 11.0. The maximum Gasteiger partial charge on any atom is 0.237 e. The Kier molecular flexibility index (Phi) is 3.53. The Bertz CT molecular complexity index is 488. The summed E-state index contributed by atoms with van der Waals surface area (Å²) in [6, 6.07) is 5.30. The van der Waals surface area contributed by atoms with E-state index in [2.05, 4.69) is 0 Å². The summed E-state index contributed by atoms with van der Waals surface area (Å²) in [7, 11) is 0. The van der Waals surface area contributed by atoms with Crippen molar-refractivity contribution in [3.8, 4) is 17.2 Å². The monoisotopic (exact) mass is 266 g/mol. The molecule has 104 valence electrons. The van der Waals surface area contributed by atoms with Crippen molar-refractivity contribution >= 4 is 5.91 Å². The average Bonchev–Trinajstić information content (AvgIpc) is 2.74. The first kappa shape index (κ1) is 13.5. The third-order valence-corrected chi connectivity index (χ3v) is 2.96. The molecule has 1 amide bonds. The van der Waals surface area contributed by atoms with Crippen molar-refractivity contribution in [2.45, 2.75) is 31.9 Å². The molecule has 6 nitrogen and oxygen atoms in total. The summed E-state index contributed by atoms with van der Waals surface area (Å²) in [5.41, 5.74) is 9.95. The molecule has 1 aromatic rings. The molecule has 2 rings (SSSR count). The Morgan fingerprint density at radius 2 is 2.16 bits per heavy atom.